The van der Waals surface area contributed by atoms with E-state index in [1.807, 2.05) is 20.8 Å². The summed E-state index contributed by atoms with van der Waals surface area (Å²) in [6.45, 7) is 6.37. The monoisotopic (exact) mass is 176 g/mol. The summed E-state index contributed by atoms with van der Waals surface area (Å²) in [6.07, 6.45) is -0.0621. The average molecular weight is 176 g/mol. The fraction of sp³-hybridized carbons (Fsp3) is 1.00. The van der Waals surface area contributed by atoms with Crippen molar-refractivity contribution in [2.24, 2.45) is 5.92 Å². The van der Waals surface area contributed by atoms with Gasteiger partial charge in [0.1, 0.15) is 6.10 Å². The van der Waals surface area contributed by atoms with Gasteiger partial charge < -0.3 is 14.9 Å². The minimum Gasteiger partial charge on any atom is -0.394 e. The van der Waals surface area contributed by atoms with Gasteiger partial charge in [-0.05, 0) is 12.3 Å². The van der Waals surface area contributed by atoms with Crippen LogP contribution in [0.5, 0.6) is 0 Å². The van der Waals surface area contributed by atoms with E-state index < -0.39 is 6.10 Å². The lowest BCUT2D eigenvalue weighted by atomic mass is 10.0. The molecule has 0 unspecified atom stereocenters. The van der Waals surface area contributed by atoms with Gasteiger partial charge in [-0.15, -0.1) is 0 Å². The topological polar surface area (TPSA) is 49.7 Å². The number of hydrogen-bond donors (Lipinski definition) is 2. The minimum absolute atomic E-state index is 0.230. The van der Waals surface area contributed by atoms with Crippen molar-refractivity contribution in [3.05, 3.63) is 0 Å². The van der Waals surface area contributed by atoms with E-state index in [-0.39, 0.29) is 18.6 Å². The predicted octanol–water partition coefficient (Wildman–Crippen LogP) is 0.791. The van der Waals surface area contributed by atoms with Crippen molar-refractivity contribution in [1.29, 1.82) is 0 Å². The zero-order valence-electron chi connectivity index (χ0n) is 8.16. The molecule has 0 aromatic heterocycles. The number of hydrogen-bond acceptors (Lipinski definition) is 3. The molecule has 0 amide bonds. The molecule has 2 N–H and O–H groups in total. The van der Waals surface area contributed by atoms with Crippen LogP contribution in [0.3, 0.4) is 0 Å². The van der Waals surface area contributed by atoms with Crippen LogP contribution in [0.15, 0.2) is 0 Å². The Morgan fingerprint density at radius 2 is 1.92 bits per heavy atom. The van der Waals surface area contributed by atoms with Gasteiger partial charge in [-0.1, -0.05) is 20.8 Å². The molecule has 0 radical (unpaired) electrons. The van der Waals surface area contributed by atoms with E-state index in [1.54, 1.807) is 0 Å². The fourth-order valence-electron chi connectivity index (χ4n) is 1.11. The molecule has 2 atom stereocenters. The minimum atomic E-state index is -0.753. The van der Waals surface area contributed by atoms with E-state index in [4.69, 9.17) is 9.84 Å². The molecule has 12 heavy (non-hydrogen) atoms. The molecular formula is C9H20O3. The summed E-state index contributed by atoms with van der Waals surface area (Å²) in [6, 6.07) is 0. The maximum absolute atomic E-state index is 9.34. The van der Waals surface area contributed by atoms with Gasteiger partial charge in [-0.2, -0.15) is 0 Å². The molecule has 0 aliphatic rings. The molecule has 3 nitrogen and oxygen atoms in total. The Bertz CT molecular complexity index is 104. The molecule has 0 heterocycles. The van der Waals surface area contributed by atoms with Crippen molar-refractivity contribution in [1.82, 2.24) is 0 Å². The highest BCUT2D eigenvalue weighted by Gasteiger charge is 2.21. The third-order valence-corrected chi connectivity index (χ3v) is 1.74. The predicted molar refractivity (Wildman–Crippen MR) is 48.0 cm³/mol. The molecule has 0 fully saturated rings. The molecular weight excluding hydrogens is 156 g/mol. The van der Waals surface area contributed by atoms with Gasteiger partial charge in [-0.25, -0.2) is 0 Å². The van der Waals surface area contributed by atoms with Crippen LogP contribution in [0, 0.1) is 5.92 Å². The number of ether oxygens (including phenoxy) is 1. The summed E-state index contributed by atoms with van der Waals surface area (Å²) in [5.41, 5.74) is 0. The van der Waals surface area contributed by atoms with Crippen LogP contribution in [0.1, 0.15) is 27.2 Å². The van der Waals surface area contributed by atoms with E-state index in [2.05, 4.69) is 0 Å². The molecule has 74 valence electrons. The van der Waals surface area contributed by atoms with Crippen molar-refractivity contribution in [2.75, 3.05) is 13.2 Å². The van der Waals surface area contributed by atoms with Crippen molar-refractivity contribution in [3.63, 3.8) is 0 Å². The molecule has 0 aromatic rings. The maximum Gasteiger partial charge on any atom is 0.103 e. The second-order valence-corrected chi connectivity index (χ2v) is 3.33. The first-order valence-corrected chi connectivity index (χ1v) is 4.54. The first-order valence-electron chi connectivity index (χ1n) is 4.54. The molecule has 0 saturated heterocycles. The maximum atomic E-state index is 9.34. The second-order valence-electron chi connectivity index (χ2n) is 3.33. The van der Waals surface area contributed by atoms with E-state index in [1.165, 1.54) is 0 Å². The van der Waals surface area contributed by atoms with Crippen LogP contribution < -0.4 is 0 Å². The van der Waals surface area contributed by atoms with Crippen LogP contribution in [-0.2, 0) is 4.74 Å². The first-order chi connectivity index (χ1) is 5.63. The largest absolute Gasteiger partial charge is 0.394 e. The second kappa shape index (κ2) is 6.40. The quantitative estimate of drug-likeness (QED) is 0.629. The number of aliphatic hydroxyl groups excluding tert-OH is 2. The lowest BCUT2D eigenvalue weighted by Crippen LogP contribution is -2.36. The normalized spacial score (nSPS) is 16.5. The van der Waals surface area contributed by atoms with Gasteiger partial charge in [0.05, 0.1) is 12.7 Å². The van der Waals surface area contributed by atoms with Crippen LogP contribution in [-0.4, -0.2) is 35.6 Å². The molecule has 0 aliphatic heterocycles. The van der Waals surface area contributed by atoms with Crippen molar-refractivity contribution < 1.29 is 14.9 Å². The van der Waals surface area contributed by atoms with Crippen LogP contribution in [0.25, 0.3) is 0 Å². The SMILES string of the molecule is CCCO[C@H](C(C)C)[C@@H](O)CO. The fourth-order valence-corrected chi connectivity index (χ4v) is 1.11. The highest BCUT2D eigenvalue weighted by molar-refractivity contribution is 4.71. The Morgan fingerprint density at radius 1 is 1.33 bits per heavy atom. The van der Waals surface area contributed by atoms with Gasteiger partial charge in [0.15, 0.2) is 0 Å². The van der Waals surface area contributed by atoms with Gasteiger partial charge in [0.2, 0.25) is 0 Å². The summed E-state index contributed by atoms with van der Waals surface area (Å²) in [5.74, 6) is 0.235. The molecule has 0 bridgehead atoms. The van der Waals surface area contributed by atoms with Crippen LogP contribution in [0.4, 0.5) is 0 Å². The Morgan fingerprint density at radius 3 is 2.25 bits per heavy atom. The first kappa shape index (κ1) is 11.9. The zero-order chi connectivity index (χ0) is 9.56. The van der Waals surface area contributed by atoms with E-state index >= 15 is 0 Å². The Balaban J connectivity index is 3.85. The molecule has 0 aromatic carbocycles. The third-order valence-electron chi connectivity index (χ3n) is 1.74. The van der Waals surface area contributed by atoms with Gasteiger partial charge in [0.25, 0.3) is 0 Å². The van der Waals surface area contributed by atoms with Gasteiger partial charge in [0, 0.05) is 6.61 Å². The molecule has 0 rings (SSSR count). The summed E-state index contributed by atoms with van der Waals surface area (Å²) in [4.78, 5) is 0. The Hall–Kier alpha value is -0.120. The zero-order valence-corrected chi connectivity index (χ0v) is 8.16. The van der Waals surface area contributed by atoms with Gasteiger partial charge in [-0.3, -0.25) is 0 Å². The third kappa shape index (κ3) is 4.04. The van der Waals surface area contributed by atoms with Crippen molar-refractivity contribution >= 4 is 0 Å². The Labute approximate surface area is 74.4 Å². The standard InChI is InChI=1S/C9H20O3/c1-4-5-12-9(7(2)3)8(11)6-10/h7-11H,4-6H2,1-3H3/t8-,9+/m0/s1. The molecule has 0 spiro atoms. The Kier molecular flexibility index (Phi) is 6.34. The lowest BCUT2D eigenvalue weighted by molar-refractivity contribution is -0.0785. The van der Waals surface area contributed by atoms with Gasteiger partial charge >= 0.3 is 0 Å². The van der Waals surface area contributed by atoms with Crippen molar-refractivity contribution in [3.8, 4) is 0 Å². The summed E-state index contributed by atoms with van der Waals surface area (Å²) in [5, 5.41) is 18.1. The molecule has 3 heteroatoms. The smallest absolute Gasteiger partial charge is 0.103 e. The molecule has 0 saturated carbocycles. The van der Waals surface area contributed by atoms with E-state index in [0.717, 1.165) is 6.42 Å². The summed E-state index contributed by atoms with van der Waals surface area (Å²) in [7, 11) is 0. The highest BCUT2D eigenvalue weighted by atomic mass is 16.5. The van der Waals surface area contributed by atoms with E-state index in [9.17, 15) is 5.11 Å². The lowest BCUT2D eigenvalue weighted by Gasteiger charge is -2.25. The average Bonchev–Trinajstić information content (AvgIpc) is 2.04. The number of rotatable bonds is 6. The van der Waals surface area contributed by atoms with Crippen LogP contribution >= 0.6 is 0 Å². The van der Waals surface area contributed by atoms with Crippen LogP contribution in [0.2, 0.25) is 0 Å². The highest BCUT2D eigenvalue weighted by Crippen LogP contribution is 2.11. The molecule has 0 aliphatic carbocycles. The van der Waals surface area contributed by atoms with Crippen molar-refractivity contribution in [2.45, 2.75) is 39.4 Å². The summed E-state index contributed by atoms with van der Waals surface area (Å²) >= 11 is 0. The van der Waals surface area contributed by atoms with E-state index in [0.29, 0.717) is 6.61 Å². The summed E-state index contributed by atoms with van der Waals surface area (Å²) < 4.78 is 5.40. The number of aliphatic hydroxyl groups is 2.